The molecule has 0 spiro atoms. The SMILES string of the molecule is O=c1oc2cc(-c3ccccc3)c(Br)c(Br)c2o1. The molecule has 0 aliphatic rings. The van der Waals surface area contributed by atoms with Gasteiger partial charge in [0.05, 0.1) is 4.47 Å². The van der Waals surface area contributed by atoms with Crippen molar-refractivity contribution in [3.05, 3.63) is 56.0 Å². The van der Waals surface area contributed by atoms with Gasteiger partial charge in [0.25, 0.3) is 0 Å². The molecule has 0 fully saturated rings. The van der Waals surface area contributed by atoms with E-state index in [0.29, 0.717) is 15.6 Å². The summed E-state index contributed by atoms with van der Waals surface area (Å²) >= 11 is 6.90. The highest BCUT2D eigenvalue weighted by atomic mass is 79.9. The summed E-state index contributed by atoms with van der Waals surface area (Å²) in [6, 6.07) is 11.6. The maximum absolute atomic E-state index is 11.1. The van der Waals surface area contributed by atoms with Crippen LogP contribution in [0.25, 0.3) is 22.3 Å². The Bertz CT molecular complexity index is 772. The summed E-state index contributed by atoms with van der Waals surface area (Å²) in [6.07, 6.45) is 0. The third-order valence-electron chi connectivity index (χ3n) is 2.59. The molecule has 3 rings (SSSR count). The van der Waals surface area contributed by atoms with Gasteiger partial charge in [-0.3, -0.25) is 0 Å². The van der Waals surface area contributed by atoms with Gasteiger partial charge in [-0.15, -0.1) is 0 Å². The summed E-state index contributed by atoms with van der Waals surface area (Å²) in [7, 11) is 0. The van der Waals surface area contributed by atoms with Crippen LogP contribution in [0.1, 0.15) is 0 Å². The second kappa shape index (κ2) is 4.40. The molecule has 0 bridgehead atoms. The topological polar surface area (TPSA) is 43.4 Å². The summed E-state index contributed by atoms with van der Waals surface area (Å²) in [6.45, 7) is 0. The summed E-state index contributed by atoms with van der Waals surface area (Å²) < 4.78 is 11.5. The van der Waals surface area contributed by atoms with Crippen molar-refractivity contribution in [1.82, 2.24) is 0 Å². The van der Waals surface area contributed by atoms with Crippen LogP contribution >= 0.6 is 31.9 Å². The average Bonchev–Trinajstić information content (AvgIpc) is 2.76. The molecule has 0 atom stereocenters. The minimum atomic E-state index is -0.706. The summed E-state index contributed by atoms with van der Waals surface area (Å²) in [4.78, 5) is 11.1. The highest BCUT2D eigenvalue weighted by Crippen LogP contribution is 2.39. The first-order chi connectivity index (χ1) is 8.66. The van der Waals surface area contributed by atoms with Crippen LogP contribution in [0.2, 0.25) is 0 Å². The molecule has 0 unspecified atom stereocenters. The Balaban J connectivity index is 2.37. The molecular formula is C13H6Br2O3. The quantitative estimate of drug-likeness (QED) is 0.630. The zero-order valence-electron chi connectivity index (χ0n) is 8.94. The number of hydrogen-bond acceptors (Lipinski definition) is 3. The first kappa shape index (κ1) is 11.7. The molecule has 0 N–H and O–H groups in total. The van der Waals surface area contributed by atoms with Crippen molar-refractivity contribution in [1.29, 1.82) is 0 Å². The lowest BCUT2D eigenvalue weighted by atomic mass is 10.1. The predicted octanol–water partition coefficient (Wildman–Crippen LogP) is 4.58. The van der Waals surface area contributed by atoms with Crippen molar-refractivity contribution in [2.45, 2.75) is 0 Å². The third-order valence-corrected chi connectivity index (χ3v) is 4.70. The number of halogens is 2. The van der Waals surface area contributed by atoms with Crippen LogP contribution in [-0.4, -0.2) is 0 Å². The number of rotatable bonds is 1. The van der Waals surface area contributed by atoms with Gasteiger partial charge in [-0.2, -0.15) is 0 Å². The normalized spacial score (nSPS) is 11.0. The van der Waals surface area contributed by atoms with E-state index >= 15 is 0 Å². The number of benzene rings is 2. The number of hydrogen-bond donors (Lipinski definition) is 0. The predicted molar refractivity (Wildman–Crippen MR) is 75.6 cm³/mol. The molecule has 2 aromatic carbocycles. The second-order valence-corrected chi connectivity index (χ2v) is 5.29. The number of fused-ring (bicyclic) bond motifs is 1. The molecule has 5 heteroatoms. The fourth-order valence-electron chi connectivity index (χ4n) is 1.78. The van der Waals surface area contributed by atoms with Gasteiger partial charge in [0.2, 0.25) is 0 Å². The van der Waals surface area contributed by atoms with Crippen molar-refractivity contribution in [2.24, 2.45) is 0 Å². The summed E-state index contributed by atoms with van der Waals surface area (Å²) in [5, 5.41) is 0. The molecule has 0 aliphatic heterocycles. The van der Waals surface area contributed by atoms with E-state index in [9.17, 15) is 4.79 Å². The molecule has 0 aliphatic carbocycles. The Labute approximate surface area is 119 Å². The zero-order chi connectivity index (χ0) is 12.7. The Morgan fingerprint density at radius 3 is 2.39 bits per heavy atom. The van der Waals surface area contributed by atoms with E-state index in [1.54, 1.807) is 6.07 Å². The zero-order valence-corrected chi connectivity index (χ0v) is 12.1. The molecule has 1 aromatic heterocycles. The average molecular weight is 370 g/mol. The van der Waals surface area contributed by atoms with Crippen LogP contribution in [0.5, 0.6) is 0 Å². The maximum atomic E-state index is 11.1. The molecule has 0 radical (unpaired) electrons. The molecule has 0 saturated carbocycles. The Hall–Kier alpha value is -1.33. The van der Waals surface area contributed by atoms with Crippen molar-refractivity contribution < 1.29 is 8.83 Å². The fraction of sp³-hybridized carbons (Fsp3) is 0. The van der Waals surface area contributed by atoms with Gasteiger partial charge in [-0.05, 0) is 43.5 Å². The van der Waals surface area contributed by atoms with E-state index < -0.39 is 5.82 Å². The van der Waals surface area contributed by atoms with E-state index in [0.717, 1.165) is 15.6 Å². The molecule has 0 amide bonds. The van der Waals surface area contributed by atoms with Gasteiger partial charge in [0, 0.05) is 10.0 Å². The van der Waals surface area contributed by atoms with Crippen LogP contribution in [0.15, 0.2) is 59.0 Å². The van der Waals surface area contributed by atoms with Gasteiger partial charge >= 0.3 is 5.82 Å². The van der Waals surface area contributed by atoms with E-state index in [-0.39, 0.29) is 0 Å². The fourth-order valence-corrected chi connectivity index (χ4v) is 2.79. The minimum absolute atomic E-state index is 0.409. The lowest BCUT2D eigenvalue weighted by molar-refractivity contribution is 0.409. The summed E-state index contributed by atoms with van der Waals surface area (Å²) in [5.41, 5.74) is 2.79. The molecular weight excluding hydrogens is 364 g/mol. The van der Waals surface area contributed by atoms with Crippen LogP contribution in [-0.2, 0) is 0 Å². The molecule has 3 nitrogen and oxygen atoms in total. The van der Waals surface area contributed by atoms with E-state index in [1.165, 1.54) is 0 Å². The van der Waals surface area contributed by atoms with Crippen LogP contribution in [0.4, 0.5) is 0 Å². The largest absolute Gasteiger partial charge is 0.519 e. The van der Waals surface area contributed by atoms with Crippen molar-refractivity contribution >= 4 is 43.0 Å². The highest BCUT2D eigenvalue weighted by molar-refractivity contribution is 9.13. The molecule has 90 valence electrons. The second-order valence-electron chi connectivity index (χ2n) is 3.70. The smallest absolute Gasteiger partial charge is 0.391 e. The summed E-state index contributed by atoms with van der Waals surface area (Å²) in [5.74, 6) is -0.706. The lowest BCUT2D eigenvalue weighted by Crippen LogP contribution is -1.84. The van der Waals surface area contributed by atoms with E-state index in [1.807, 2.05) is 30.3 Å². The Kier molecular flexibility index (Phi) is 2.87. The van der Waals surface area contributed by atoms with Gasteiger partial charge in [0.1, 0.15) is 0 Å². The van der Waals surface area contributed by atoms with E-state index in [2.05, 4.69) is 31.9 Å². The van der Waals surface area contributed by atoms with Crippen molar-refractivity contribution in [3.63, 3.8) is 0 Å². The Morgan fingerprint density at radius 1 is 0.944 bits per heavy atom. The lowest BCUT2D eigenvalue weighted by Gasteiger charge is -2.06. The van der Waals surface area contributed by atoms with Crippen LogP contribution < -0.4 is 5.82 Å². The molecule has 3 aromatic rings. The monoisotopic (exact) mass is 368 g/mol. The van der Waals surface area contributed by atoms with Crippen molar-refractivity contribution in [2.75, 3.05) is 0 Å². The maximum Gasteiger partial charge on any atom is 0.519 e. The van der Waals surface area contributed by atoms with Crippen LogP contribution in [0.3, 0.4) is 0 Å². The van der Waals surface area contributed by atoms with Gasteiger partial charge in [0.15, 0.2) is 11.2 Å². The highest BCUT2D eigenvalue weighted by Gasteiger charge is 2.16. The Morgan fingerprint density at radius 2 is 1.67 bits per heavy atom. The third kappa shape index (κ3) is 1.83. The van der Waals surface area contributed by atoms with Crippen molar-refractivity contribution in [3.8, 4) is 11.1 Å². The first-order valence-corrected chi connectivity index (χ1v) is 6.72. The van der Waals surface area contributed by atoms with Crippen LogP contribution in [0, 0.1) is 0 Å². The molecule has 1 heterocycles. The van der Waals surface area contributed by atoms with Gasteiger partial charge < -0.3 is 8.83 Å². The van der Waals surface area contributed by atoms with Gasteiger partial charge in [-0.25, -0.2) is 4.79 Å². The molecule has 0 saturated heterocycles. The van der Waals surface area contributed by atoms with Gasteiger partial charge in [-0.1, -0.05) is 30.3 Å². The molecule has 18 heavy (non-hydrogen) atoms. The standard InChI is InChI=1S/C13H6Br2O3/c14-10-8(7-4-2-1-3-5-7)6-9-12(11(10)15)18-13(16)17-9/h1-6H. The van der Waals surface area contributed by atoms with E-state index in [4.69, 9.17) is 8.83 Å². The minimum Gasteiger partial charge on any atom is -0.391 e. The first-order valence-electron chi connectivity index (χ1n) is 5.14.